The Morgan fingerprint density at radius 3 is 2.73 bits per heavy atom. The molecular weight excluding hydrogens is 280 g/mol. The van der Waals surface area contributed by atoms with Crippen LogP contribution in [-0.4, -0.2) is 29.1 Å². The molecule has 2 rings (SSSR count). The van der Waals surface area contributed by atoms with Crippen molar-refractivity contribution in [2.45, 2.75) is 13.0 Å². The summed E-state index contributed by atoms with van der Waals surface area (Å²) < 4.78 is 7.06. The molecule has 0 aliphatic heterocycles. The third-order valence-corrected chi connectivity index (χ3v) is 3.06. The normalized spacial score (nSPS) is 11.5. The van der Waals surface area contributed by atoms with Gasteiger partial charge in [0.2, 0.25) is 0 Å². The maximum absolute atomic E-state index is 12.1. The molecule has 2 aromatic rings. The van der Waals surface area contributed by atoms with E-state index in [-0.39, 0.29) is 5.91 Å². The molecule has 1 aromatic carbocycles. The molecule has 1 unspecified atom stereocenters. The maximum atomic E-state index is 12.1. The average Bonchev–Trinajstić information content (AvgIpc) is 3.07. The summed E-state index contributed by atoms with van der Waals surface area (Å²) in [7, 11) is 0. The number of ether oxygens (including phenoxy) is 1. The molecule has 0 radical (unpaired) electrons. The molecule has 5 nitrogen and oxygen atoms in total. The van der Waals surface area contributed by atoms with Crippen LogP contribution in [0.2, 0.25) is 0 Å². The second-order valence-corrected chi connectivity index (χ2v) is 4.72. The Kier molecular flexibility index (Phi) is 5.14. The largest absolute Gasteiger partial charge is 0.449 e. The number of rotatable bonds is 6. The number of hydrogen-bond acceptors (Lipinski definition) is 3. The van der Waals surface area contributed by atoms with Gasteiger partial charge in [-0.3, -0.25) is 4.79 Å². The van der Waals surface area contributed by atoms with Crippen LogP contribution < -0.4 is 5.32 Å². The highest BCUT2D eigenvalue weighted by molar-refractivity contribution is 5.92. The van der Waals surface area contributed by atoms with Crippen molar-refractivity contribution in [2.75, 3.05) is 6.54 Å². The molecule has 0 saturated carbocycles. The zero-order valence-corrected chi connectivity index (χ0v) is 12.4. The highest BCUT2D eigenvalue weighted by atomic mass is 16.5. The Labute approximate surface area is 129 Å². The Morgan fingerprint density at radius 1 is 1.32 bits per heavy atom. The van der Waals surface area contributed by atoms with Gasteiger partial charge < -0.3 is 14.6 Å². The maximum Gasteiger partial charge on any atom is 0.338 e. The molecule has 22 heavy (non-hydrogen) atoms. The average molecular weight is 298 g/mol. The smallest absolute Gasteiger partial charge is 0.338 e. The van der Waals surface area contributed by atoms with E-state index in [0.29, 0.717) is 12.1 Å². The molecule has 0 saturated heterocycles. The summed E-state index contributed by atoms with van der Waals surface area (Å²) in [5.74, 6) is -0.884. The van der Waals surface area contributed by atoms with E-state index in [0.717, 1.165) is 5.69 Å². The highest BCUT2D eigenvalue weighted by Crippen LogP contribution is 2.12. The van der Waals surface area contributed by atoms with E-state index >= 15 is 0 Å². The molecule has 0 fully saturated rings. The van der Waals surface area contributed by atoms with Gasteiger partial charge in [-0.15, -0.1) is 6.58 Å². The van der Waals surface area contributed by atoms with Crippen molar-refractivity contribution in [1.29, 1.82) is 0 Å². The second kappa shape index (κ2) is 7.26. The van der Waals surface area contributed by atoms with E-state index < -0.39 is 12.1 Å². The number of esters is 1. The third kappa shape index (κ3) is 3.85. The van der Waals surface area contributed by atoms with Gasteiger partial charge >= 0.3 is 5.97 Å². The number of carbonyl (C=O) groups excluding carboxylic acids is 2. The van der Waals surface area contributed by atoms with Gasteiger partial charge in [-0.2, -0.15) is 0 Å². The fourth-order valence-corrected chi connectivity index (χ4v) is 1.90. The fourth-order valence-electron chi connectivity index (χ4n) is 1.90. The minimum absolute atomic E-state index is 0.337. The third-order valence-electron chi connectivity index (χ3n) is 3.06. The van der Waals surface area contributed by atoms with Crippen molar-refractivity contribution >= 4 is 11.9 Å². The van der Waals surface area contributed by atoms with Gasteiger partial charge in [0.15, 0.2) is 6.10 Å². The van der Waals surface area contributed by atoms with Crippen molar-refractivity contribution < 1.29 is 14.3 Å². The van der Waals surface area contributed by atoms with Gasteiger partial charge in [0, 0.05) is 24.6 Å². The summed E-state index contributed by atoms with van der Waals surface area (Å²) in [4.78, 5) is 23.8. The molecule has 0 bridgehead atoms. The first-order chi connectivity index (χ1) is 10.6. The van der Waals surface area contributed by atoms with E-state index in [9.17, 15) is 9.59 Å². The van der Waals surface area contributed by atoms with Crippen LogP contribution in [0.25, 0.3) is 5.69 Å². The molecule has 1 atom stereocenters. The van der Waals surface area contributed by atoms with Gasteiger partial charge in [-0.05, 0) is 37.3 Å². The van der Waals surface area contributed by atoms with Crippen LogP contribution in [0, 0.1) is 0 Å². The predicted molar refractivity (Wildman–Crippen MR) is 83.9 cm³/mol. The molecule has 1 aromatic heterocycles. The van der Waals surface area contributed by atoms with Crippen LogP contribution in [0.4, 0.5) is 0 Å². The molecule has 1 heterocycles. The van der Waals surface area contributed by atoms with Crippen molar-refractivity contribution in [3.63, 3.8) is 0 Å². The molecule has 5 heteroatoms. The first kappa shape index (κ1) is 15.6. The van der Waals surface area contributed by atoms with Crippen molar-refractivity contribution in [3.05, 3.63) is 67.0 Å². The lowest BCUT2D eigenvalue weighted by Gasteiger charge is -2.13. The fraction of sp³-hybridized carbons (Fsp3) is 0.176. The summed E-state index contributed by atoms with van der Waals surface area (Å²) in [6.07, 6.45) is 4.47. The number of benzene rings is 1. The topological polar surface area (TPSA) is 60.3 Å². The monoisotopic (exact) mass is 298 g/mol. The Bertz CT molecular complexity index is 662. The van der Waals surface area contributed by atoms with E-state index in [2.05, 4.69) is 11.9 Å². The lowest BCUT2D eigenvalue weighted by Crippen LogP contribution is -2.35. The molecular formula is C17H18N2O3. The Hall–Kier alpha value is -2.82. The first-order valence-corrected chi connectivity index (χ1v) is 6.95. The van der Waals surface area contributed by atoms with Crippen LogP contribution in [0.5, 0.6) is 0 Å². The van der Waals surface area contributed by atoms with E-state index in [1.165, 1.54) is 6.92 Å². The zero-order valence-electron chi connectivity index (χ0n) is 12.4. The molecule has 0 spiro atoms. The minimum atomic E-state index is -0.859. The number of amides is 1. The van der Waals surface area contributed by atoms with Crippen LogP contribution in [0.1, 0.15) is 17.3 Å². The van der Waals surface area contributed by atoms with E-state index in [4.69, 9.17) is 4.74 Å². The number of hydrogen-bond donors (Lipinski definition) is 1. The van der Waals surface area contributed by atoms with Crippen LogP contribution in [-0.2, 0) is 9.53 Å². The summed E-state index contributed by atoms with van der Waals surface area (Å²) in [5, 5.41) is 2.58. The Balaban J connectivity index is 2.05. The van der Waals surface area contributed by atoms with Crippen molar-refractivity contribution in [2.24, 2.45) is 0 Å². The number of aromatic nitrogens is 1. The van der Waals surface area contributed by atoms with Crippen molar-refractivity contribution in [1.82, 2.24) is 9.88 Å². The van der Waals surface area contributed by atoms with Crippen molar-refractivity contribution in [3.8, 4) is 5.69 Å². The molecule has 0 aliphatic rings. The Morgan fingerprint density at radius 2 is 2.05 bits per heavy atom. The molecule has 1 N–H and O–H groups in total. The van der Waals surface area contributed by atoms with E-state index in [1.807, 2.05) is 35.2 Å². The van der Waals surface area contributed by atoms with Gasteiger partial charge in [0.25, 0.3) is 5.91 Å². The quantitative estimate of drug-likeness (QED) is 0.657. The van der Waals surface area contributed by atoms with Gasteiger partial charge in [0.05, 0.1) is 5.56 Å². The standard InChI is InChI=1S/C17H18N2O3/c1-3-9-18-16(20)13(2)22-17(21)14-7-6-8-15(12-14)19-10-4-5-11-19/h3-8,10-13H,1,9H2,2H3,(H,18,20). The van der Waals surface area contributed by atoms with Crippen LogP contribution >= 0.6 is 0 Å². The minimum Gasteiger partial charge on any atom is -0.449 e. The molecule has 114 valence electrons. The SMILES string of the molecule is C=CCNC(=O)C(C)OC(=O)c1cccc(-n2cccc2)c1. The summed E-state index contributed by atoms with van der Waals surface area (Å²) in [6, 6.07) is 10.8. The van der Waals surface area contributed by atoms with Gasteiger partial charge in [-0.1, -0.05) is 12.1 Å². The highest BCUT2D eigenvalue weighted by Gasteiger charge is 2.18. The summed E-state index contributed by atoms with van der Waals surface area (Å²) in [5.41, 5.74) is 1.25. The lowest BCUT2D eigenvalue weighted by molar-refractivity contribution is -0.128. The zero-order chi connectivity index (χ0) is 15.9. The van der Waals surface area contributed by atoms with Gasteiger partial charge in [0.1, 0.15) is 0 Å². The molecule has 0 aliphatic carbocycles. The second-order valence-electron chi connectivity index (χ2n) is 4.72. The number of nitrogens with one attached hydrogen (secondary N) is 1. The van der Waals surface area contributed by atoms with Crippen LogP contribution in [0.3, 0.4) is 0 Å². The van der Waals surface area contributed by atoms with E-state index in [1.54, 1.807) is 24.3 Å². The summed E-state index contributed by atoms with van der Waals surface area (Å²) >= 11 is 0. The molecule has 1 amide bonds. The number of nitrogens with zero attached hydrogens (tertiary/aromatic N) is 1. The van der Waals surface area contributed by atoms with Gasteiger partial charge in [-0.25, -0.2) is 4.79 Å². The first-order valence-electron chi connectivity index (χ1n) is 6.95. The summed E-state index contributed by atoms with van der Waals surface area (Å²) in [6.45, 7) is 5.38. The number of carbonyl (C=O) groups is 2. The van der Waals surface area contributed by atoms with Crippen LogP contribution in [0.15, 0.2) is 61.4 Å². The lowest BCUT2D eigenvalue weighted by atomic mass is 10.2. The predicted octanol–water partition coefficient (Wildman–Crippen LogP) is 2.32.